The molecule has 1 aliphatic rings. The lowest BCUT2D eigenvalue weighted by Gasteiger charge is -2.25. The first-order valence-electron chi connectivity index (χ1n) is 14.9. The van der Waals surface area contributed by atoms with Crippen molar-refractivity contribution in [3.63, 3.8) is 0 Å². The Morgan fingerprint density at radius 2 is 1.95 bits per heavy atom. The molecule has 3 amide bonds. The molecular formula is C32H42FN7O4. The Morgan fingerprint density at radius 1 is 1.16 bits per heavy atom. The molecule has 0 radical (unpaired) electrons. The van der Waals surface area contributed by atoms with Gasteiger partial charge in [0, 0.05) is 57.4 Å². The van der Waals surface area contributed by atoms with Crippen LogP contribution in [0, 0.1) is 12.7 Å². The average Bonchev–Trinajstić information content (AvgIpc) is 3.54. The van der Waals surface area contributed by atoms with Crippen molar-refractivity contribution in [1.29, 1.82) is 0 Å². The molecule has 236 valence electrons. The molecule has 1 saturated heterocycles. The number of carbonyl (C=O) groups is 3. The number of rotatable bonds is 12. The Kier molecular flexibility index (Phi) is 10.6. The van der Waals surface area contributed by atoms with E-state index in [1.54, 1.807) is 48.7 Å². The third kappa shape index (κ3) is 9.01. The highest BCUT2D eigenvalue weighted by molar-refractivity contribution is 5.99. The summed E-state index contributed by atoms with van der Waals surface area (Å²) >= 11 is 0. The second-order valence-electron chi connectivity index (χ2n) is 12.0. The maximum atomic E-state index is 13.7. The van der Waals surface area contributed by atoms with Gasteiger partial charge in [0.15, 0.2) is 0 Å². The molecule has 0 unspecified atom stereocenters. The van der Waals surface area contributed by atoms with Crippen LogP contribution in [-0.4, -0.2) is 75.4 Å². The average molecular weight is 608 g/mol. The number of amides is 3. The number of aromatic nitrogens is 3. The molecule has 2 aromatic heterocycles. The molecule has 12 heteroatoms. The first kappa shape index (κ1) is 32.4. The number of halogens is 1. The van der Waals surface area contributed by atoms with Crippen LogP contribution in [0.15, 0.2) is 42.7 Å². The van der Waals surface area contributed by atoms with Crippen LogP contribution < -0.4 is 16.0 Å². The topological polar surface area (TPSA) is 130 Å². The van der Waals surface area contributed by atoms with E-state index in [0.717, 1.165) is 16.7 Å². The highest BCUT2D eigenvalue weighted by Gasteiger charge is 2.31. The van der Waals surface area contributed by atoms with Crippen LogP contribution in [0.25, 0.3) is 11.3 Å². The summed E-state index contributed by atoms with van der Waals surface area (Å²) in [5.41, 5.74) is 2.97. The van der Waals surface area contributed by atoms with Gasteiger partial charge in [0.1, 0.15) is 17.2 Å². The Hall–Kier alpha value is -4.48. The summed E-state index contributed by atoms with van der Waals surface area (Å²) in [7, 11) is 1.83. The normalized spacial score (nSPS) is 14.9. The number of aryl methyl sites for hydroxylation is 2. The highest BCUT2D eigenvalue weighted by Crippen LogP contribution is 2.26. The number of alkyl carbamates (subject to hydrolysis) is 1. The monoisotopic (exact) mass is 607 g/mol. The third-order valence-electron chi connectivity index (χ3n) is 7.23. The molecule has 3 N–H and O–H groups in total. The van der Waals surface area contributed by atoms with Gasteiger partial charge in [-0.3, -0.25) is 14.3 Å². The minimum atomic E-state index is -0.581. The third-order valence-corrected chi connectivity index (χ3v) is 7.23. The lowest BCUT2D eigenvalue weighted by atomic mass is 10.1. The van der Waals surface area contributed by atoms with Gasteiger partial charge in [0.25, 0.3) is 5.91 Å². The molecule has 4 rings (SSSR count). The summed E-state index contributed by atoms with van der Waals surface area (Å²) in [6.45, 7) is 8.85. The summed E-state index contributed by atoms with van der Waals surface area (Å²) in [6.07, 6.45) is 5.24. The molecule has 1 aliphatic heterocycles. The Bertz CT molecular complexity index is 1480. The Balaban J connectivity index is 1.41. The van der Waals surface area contributed by atoms with E-state index in [1.165, 1.54) is 12.1 Å². The van der Waals surface area contributed by atoms with Gasteiger partial charge in [-0.2, -0.15) is 5.10 Å². The van der Waals surface area contributed by atoms with Gasteiger partial charge in [-0.15, -0.1) is 0 Å². The van der Waals surface area contributed by atoms with Crippen LogP contribution in [0.3, 0.4) is 0 Å². The molecule has 0 aliphatic carbocycles. The van der Waals surface area contributed by atoms with Crippen LogP contribution >= 0.6 is 0 Å². The highest BCUT2D eigenvalue weighted by atomic mass is 19.1. The molecule has 0 spiro atoms. The maximum absolute atomic E-state index is 13.7. The van der Waals surface area contributed by atoms with Crippen molar-refractivity contribution in [1.82, 2.24) is 30.3 Å². The predicted octanol–water partition coefficient (Wildman–Crippen LogP) is 4.22. The largest absolute Gasteiger partial charge is 0.444 e. The summed E-state index contributed by atoms with van der Waals surface area (Å²) in [5.74, 6) is -0.165. The molecule has 3 heterocycles. The molecular weight excluding hydrogens is 565 g/mol. The lowest BCUT2D eigenvalue weighted by Crippen LogP contribution is -2.43. The first-order valence-corrected chi connectivity index (χ1v) is 14.9. The van der Waals surface area contributed by atoms with Crippen molar-refractivity contribution in [2.75, 3.05) is 31.5 Å². The Labute approximate surface area is 257 Å². The van der Waals surface area contributed by atoms with Gasteiger partial charge >= 0.3 is 6.09 Å². The zero-order chi connectivity index (χ0) is 31.9. The SMILES string of the molecule is Cc1cc(C(=O)NC[C@H]2CCC(=O)N2CCCNC(=O)OC(C)(C)C)c(NCCc2cccc(F)c2)nc1-c1cnn(C)c1. The quantitative estimate of drug-likeness (QED) is 0.263. The summed E-state index contributed by atoms with van der Waals surface area (Å²) in [4.78, 5) is 44.6. The van der Waals surface area contributed by atoms with Crippen LogP contribution in [0.1, 0.15) is 61.5 Å². The van der Waals surface area contributed by atoms with Crippen molar-refractivity contribution in [2.45, 2.75) is 65.0 Å². The number of anilines is 1. The Morgan fingerprint density at radius 3 is 2.66 bits per heavy atom. The van der Waals surface area contributed by atoms with Crippen molar-refractivity contribution >= 4 is 23.7 Å². The maximum Gasteiger partial charge on any atom is 0.407 e. The minimum absolute atomic E-state index is 0.0274. The fourth-order valence-electron chi connectivity index (χ4n) is 5.15. The van der Waals surface area contributed by atoms with Crippen LogP contribution in [0.5, 0.6) is 0 Å². The zero-order valence-corrected chi connectivity index (χ0v) is 26.1. The number of nitrogens with zero attached hydrogens (tertiary/aromatic N) is 4. The number of benzene rings is 1. The van der Waals surface area contributed by atoms with E-state index >= 15 is 0 Å². The molecule has 1 aromatic carbocycles. The lowest BCUT2D eigenvalue weighted by molar-refractivity contribution is -0.128. The van der Waals surface area contributed by atoms with E-state index in [2.05, 4.69) is 21.0 Å². The number of hydrogen-bond donors (Lipinski definition) is 3. The molecule has 1 atom stereocenters. The number of carbonyl (C=O) groups excluding carboxylic acids is 3. The van der Waals surface area contributed by atoms with E-state index in [-0.39, 0.29) is 30.2 Å². The number of pyridine rings is 1. The number of ether oxygens (including phenoxy) is 1. The molecule has 11 nitrogen and oxygen atoms in total. The van der Waals surface area contributed by atoms with E-state index in [1.807, 2.05) is 26.2 Å². The van der Waals surface area contributed by atoms with Crippen molar-refractivity contribution in [3.05, 3.63) is 65.2 Å². The molecule has 1 fully saturated rings. The molecule has 44 heavy (non-hydrogen) atoms. The number of likely N-dealkylation sites (tertiary alicyclic amines) is 1. The van der Waals surface area contributed by atoms with E-state index in [4.69, 9.17) is 9.72 Å². The van der Waals surface area contributed by atoms with Crippen molar-refractivity contribution in [3.8, 4) is 11.3 Å². The van der Waals surface area contributed by atoms with Gasteiger partial charge in [0.05, 0.1) is 17.5 Å². The smallest absolute Gasteiger partial charge is 0.407 e. The predicted molar refractivity (Wildman–Crippen MR) is 166 cm³/mol. The van der Waals surface area contributed by atoms with Crippen LogP contribution in [0.4, 0.5) is 15.0 Å². The van der Waals surface area contributed by atoms with Gasteiger partial charge in [0.2, 0.25) is 5.91 Å². The van der Waals surface area contributed by atoms with Crippen molar-refractivity contribution < 1.29 is 23.5 Å². The standard InChI is InChI=1S/C32H42FN7O4/c1-21-16-26(29(38-28(21)23-18-37-39(5)20-23)34-14-12-22-8-6-9-24(33)17-22)30(42)36-19-25-10-11-27(41)40(25)15-7-13-35-31(43)44-32(2,3)4/h6,8-9,16-18,20,25H,7,10-15,19H2,1-5H3,(H,34,38)(H,35,43)(H,36,42)/t25-/m1/s1. The molecule has 0 saturated carbocycles. The van der Waals surface area contributed by atoms with Crippen LogP contribution in [0.2, 0.25) is 0 Å². The van der Waals surface area contributed by atoms with E-state index in [0.29, 0.717) is 62.4 Å². The fraction of sp³-hybridized carbons (Fsp3) is 0.469. The number of hydrogen-bond acceptors (Lipinski definition) is 7. The van der Waals surface area contributed by atoms with Crippen LogP contribution in [-0.2, 0) is 23.0 Å². The minimum Gasteiger partial charge on any atom is -0.444 e. The van der Waals surface area contributed by atoms with Gasteiger partial charge in [-0.25, -0.2) is 14.2 Å². The van der Waals surface area contributed by atoms with E-state index < -0.39 is 11.7 Å². The second-order valence-corrected chi connectivity index (χ2v) is 12.0. The van der Waals surface area contributed by atoms with Gasteiger partial charge < -0.3 is 25.6 Å². The van der Waals surface area contributed by atoms with Crippen molar-refractivity contribution in [2.24, 2.45) is 7.05 Å². The summed E-state index contributed by atoms with van der Waals surface area (Å²) in [5, 5.41) is 13.2. The summed E-state index contributed by atoms with van der Waals surface area (Å²) in [6, 6.07) is 8.06. The summed E-state index contributed by atoms with van der Waals surface area (Å²) < 4.78 is 20.6. The van der Waals surface area contributed by atoms with Gasteiger partial charge in [-0.1, -0.05) is 12.1 Å². The van der Waals surface area contributed by atoms with E-state index in [9.17, 15) is 18.8 Å². The molecule has 0 bridgehead atoms. The second kappa shape index (κ2) is 14.3. The zero-order valence-electron chi connectivity index (χ0n) is 26.1. The molecule has 3 aromatic rings. The van der Waals surface area contributed by atoms with Gasteiger partial charge in [-0.05, 0) is 76.3 Å². The fourth-order valence-corrected chi connectivity index (χ4v) is 5.15. The number of nitrogens with one attached hydrogen (secondary N) is 3. The first-order chi connectivity index (χ1) is 20.9.